The molecule has 1 aliphatic heterocycles. The van der Waals surface area contributed by atoms with Crippen molar-refractivity contribution in [3.8, 4) is 28.5 Å². The van der Waals surface area contributed by atoms with Crippen LogP contribution in [0.25, 0.3) is 44.1 Å². The number of nitrogen functional groups attached to an aromatic ring is 1. The fraction of sp³-hybridized carbons (Fsp3) is 0.167. The molecule has 2 aromatic heterocycles. The van der Waals surface area contributed by atoms with Crippen molar-refractivity contribution in [3.63, 3.8) is 0 Å². The molecule has 176 valence electrons. The van der Waals surface area contributed by atoms with Gasteiger partial charge in [-0.2, -0.15) is 5.26 Å². The van der Waals surface area contributed by atoms with E-state index in [1.54, 1.807) is 0 Å². The van der Waals surface area contributed by atoms with Crippen molar-refractivity contribution in [2.45, 2.75) is 0 Å². The lowest BCUT2D eigenvalue weighted by molar-refractivity contribution is 0.312. The number of benzene rings is 3. The van der Waals surface area contributed by atoms with E-state index in [1.807, 2.05) is 36.4 Å². The quantitative estimate of drug-likeness (QED) is 0.384. The van der Waals surface area contributed by atoms with Crippen LogP contribution in [0.4, 0.5) is 11.6 Å². The van der Waals surface area contributed by atoms with Gasteiger partial charge in [0.25, 0.3) is 0 Å². The smallest absolute Gasteiger partial charge is 0.142 e. The Hall–Kier alpha value is -4.47. The van der Waals surface area contributed by atoms with Crippen molar-refractivity contribution < 1.29 is 0 Å². The first-order valence-corrected chi connectivity index (χ1v) is 12.1. The number of rotatable bonds is 3. The van der Waals surface area contributed by atoms with E-state index in [0.29, 0.717) is 5.56 Å². The third-order valence-corrected chi connectivity index (χ3v) is 7.00. The summed E-state index contributed by atoms with van der Waals surface area (Å²) in [5, 5.41) is 13.4. The second kappa shape index (κ2) is 8.95. The number of pyridine rings is 2. The molecule has 2 N–H and O–H groups in total. The highest BCUT2D eigenvalue weighted by atomic mass is 15.3. The summed E-state index contributed by atoms with van der Waals surface area (Å²) in [6, 6.07) is 29.0. The first kappa shape index (κ1) is 22.0. The molecule has 0 aliphatic carbocycles. The van der Waals surface area contributed by atoms with Crippen molar-refractivity contribution in [1.82, 2.24) is 14.9 Å². The van der Waals surface area contributed by atoms with Gasteiger partial charge in [0.05, 0.1) is 11.2 Å². The summed E-state index contributed by atoms with van der Waals surface area (Å²) < 4.78 is 0. The minimum atomic E-state index is 0.232. The number of nitrogens with zero attached hydrogens (tertiary/aromatic N) is 5. The molecule has 1 aliphatic rings. The lowest BCUT2D eigenvalue weighted by Crippen LogP contribution is -2.45. The van der Waals surface area contributed by atoms with Gasteiger partial charge < -0.3 is 15.5 Å². The van der Waals surface area contributed by atoms with Gasteiger partial charge in [-0.3, -0.25) is 0 Å². The molecular weight excluding hydrogens is 444 g/mol. The highest BCUT2D eigenvalue weighted by Crippen LogP contribution is 2.38. The first-order valence-electron chi connectivity index (χ1n) is 12.1. The van der Waals surface area contributed by atoms with Gasteiger partial charge in [-0.05, 0) is 42.1 Å². The van der Waals surface area contributed by atoms with E-state index in [-0.39, 0.29) is 5.82 Å². The molecule has 0 unspecified atom stereocenters. The maximum atomic E-state index is 10.1. The summed E-state index contributed by atoms with van der Waals surface area (Å²) >= 11 is 0. The Kier molecular flexibility index (Phi) is 5.48. The molecule has 0 spiro atoms. The summed E-state index contributed by atoms with van der Waals surface area (Å²) in [7, 11) is 2.14. The van der Waals surface area contributed by atoms with Crippen molar-refractivity contribution in [3.05, 3.63) is 84.4 Å². The minimum absolute atomic E-state index is 0.232. The number of piperazine rings is 1. The van der Waals surface area contributed by atoms with E-state index in [4.69, 9.17) is 10.7 Å². The summed E-state index contributed by atoms with van der Waals surface area (Å²) in [4.78, 5) is 14.4. The van der Waals surface area contributed by atoms with E-state index in [1.165, 1.54) is 5.39 Å². The van der Waals surface area contributed by atoms with Gasteiger partial charge in [-0.1, -0.05) is 54.6 Å². The van der Waals surface area contributed by atoms with E-state index in [9.17, 15) is 5.26 Å². The SMILES string of the molecule is CN1CCN(c2nc3ccccc3cc2-c2cc(-c3ccc4ccccc4c3)nc(N)c2C#N)CC1. The molecule has 3 heterocycles. The Balaban J connectivity index is 1.57. The lowest BCUT2D eigenvalue weighted by atomic mass is 9.96. The van der Waals surface area contributed by atoms with Crippen molar-refractivity contribution >= 4 is 33.3 Å². The second-order valence-electron chi connectivity index (χ2n) is 9.33. The Labute approximate surface area is 210 Å². The third kappa shape index (κ3) is 3.90. The zero-order valence-electron chi connectivity index (χ0n) is 20.1. The molecule has 0 amide bonds. The topological polar surface area (TPSA) is 82.1 Å². The number of likely N-dealkylation sites (N-methyl/N-ethyl adjacent to an activating group) is 1. The Bertz CT molecular complexity index is 1640. The minimum Gasteiger partial charge on any atom is -0.383 e. The van der Waals surface area contributed by atoms with Crippen LogP contribution in [0.1, 0.15) is 5.56 Å². The van der Waals surface area contributed by atoms with Gasteiger partial charge in [0.1, 0.15) is 23.3 Å². The molecule has 3 aromatic carbocycles. The fourth-order valence-electron chi connectivity index (χ4n) is 4.95. The van der Waals surface area contributed by atoms with Crippen LogP contribution in [-0.2, 0) is 0 Å². The van der Waals surface area contributed by atoms with E-state index in [0.717, 1.165) is 70.7 Å². The fourth-order valence-corrected chi connectivity index (χ4v) is 4.95. The van der Waals surface area contributed by atoms with Crippen LogP contribution in [0, 0.1) is 11.3 Å². The lowest BCUT2D eigenvalue weighted by Gasteiger charge is -2.34. The Morgan fingerprint density at radius 2 is 1.50 bits per heavy atom. The maximum absolute atomic E-state index is 10.1. The predicted octanol–water partition coefficient (Wildman–Crippen LogP) is 5.32. The zero-order valence-corrected chi connectivity index (χ0v) is 20.1. The number of nitriles is 1. The summed E-state index contributed by atoms with van der Waals surface area (Å²) in [6.07, 6.45) is 0. The highest BCUT2D eigenvalue weighted by molar-refractivity contribution is 5.94. The predicted molar refractivity (Wildman–Crippen MR) is 147 cm³/mol. The van der Waals surface area contributed by atoms with Gasteiger partial charge in [-0.15, -0.1) is 0 Å². The van der Waals surface area contributed by atoms with Crippen LogP contribution >= 0.6 is 0 Å². The number of anilines is 2. The molecule has 5 aromatic rings. The van der Waals surface area contributed by atoms with E-state index in [2.05, 4.69) is 70.4 Å². The van der Waals surface area contributed by atoms with Gasteiger partial charge in [0.15, 0.2) is 0 Å². The first-order chi connectivity index (χ1) is 17.6. The Morgan fingerprint density at radius 1 is 0.778 bits per heavy atom. The molecule has 6 heteroatoms. The van der Waals surface area contributed by atoms with Gasteiger partial charge in [-0.25, -0.2) is 9.97 Å². The summed E-state index contributed by atoms with van der Waals surface area (Å²) in [5.74, 6) is 1.11. The maximum Gasteiger partial charge on any atom is 0.142 e. The molecule has 6 nitrogen and oxygen atoms in total. The molecule has 6 rings (SSSR count). The second-order valence-corrected chi connectivity index (χ2v) is 9.33. The van der Waals surface area contributed by atoms with Crippen LogP contribution in [0.3, 0.4) is 0 Å². The number of hydrogen-bond acceptors (Lipinski definition) is 6. The average Bonchev–Trinajstić information content (AvgIpc) is 2.92. The largest absolute Gasteiger partial charge is 0.383 e. The van der Waals surface area contributed by atoms with Crippen molar-refractivity contribution in [2.75, 3.05) is 43.9 Å². The molecule has 0 atom stereocenters. The average molecular weight is 471 g/mol. The van der Waals surface area contributed by atoms with Crippen LogP contribution in [0.5, 0.6) is 0 Å². The highest BCUT2D eigenvalue weighted by Gasteiger charge is 2.23. The standard InChI is InChI=1S/C30H26N6/c1-35-12-14-36(15-13-35)30-25(17-22-8-4-5-9-27(22)34-30)24-18-28(33-29(32)26(24)19-31)23-11-10-20-6-2-3-7-21(20)16-23/h2-11,16-18H,12-15H2,1H3,(H2,32,33). The van der Waals surface area contributed by atoms with E-state index >= 15 is 0 Å². The van der Waals surface area contributed by atoms with Crippen molar-refractivity contribution in [1.29, 1.82) is 5.26 Å². The monoisotopic (exact) mass is 470 g/mol. The summed E-state index contributed by atoms with van der Waals surface area (Å²) in [5.41, 5.74) is 11.1. The van der Waals surface area contributed by atoms with Gasteiger partial charge in [0.2, 0.25) is 0 Å². The number of nitrogens with two attached hydrogens (primary N) is 1. The van der Waals surface area contributed by atoms with Gasteiger partial charge >= 0.3 is 0 Å². The van der Waals surface area contributed by atoms with Crippen LogP contribution in [0.15, 0.2) is 78.9 Å². The number of hydrogen-bond donors (Lipinski definition) is 1. The molecule has 1 saturated heterocycles. The van der Waals surface area contributed by atoms with Crippen LogP contribution < -0.4 is 10.6 Å². The van der Waals surface area contributed by atoms with Crippen LogP contribution in [-0.4, -0.2) is 48.1 Å². The van der Waals surface area contributed by atoms with Crippen molar-refractivity contribution in [2.24, 2.45) is 0 Å². The molecular formula is C30H26N6. The zero-order chi connectivity index (χ0) is 24.6. The van der Waals surface area contributed by atoms with Crippen LogP contribution in [0.2, 0.25) is 0 Å². The molecule has 1 fully saturated rings. The van der Waals surface area contributed by atoms with E-state index < -0.39 is 0 Å². The molecule has 36 heavy (non-hydrogen) atoms. The number of para-hydroxylation sites is 1. The molecule has 0 radical (unpaired) electrons. The Morgan fingerprint density at radius 3 is 2.28 bits per heavy atom. The van der Waals surface area contributed by atoms with Gasteiger partial charge in [0, 0.05) is 48.3 Å². The third-order valence-electron chi connectivity index (χ3n) is 7.00. The normalized spacial score (nSPS) is 14.3. The summed E-state index contributed by atoms with van der Waals surface area (Å²) in [6.45, 7) is 3.66. The number of fused-ring (bicyclic) bond motifs is 2. The number of aromatic nitrogens is 2. The molecule has 0 bridgehead atoms. The molecule has 0 saturated carbocycles.